The van der Waals surface area contributed by atoms with Gasteiger partial charge in [0.05, 0.1) is 10.0 Å². The number of rotatable bonds is 3. The van der Waals surface area contributed by atoms with E-state index in [1.807, 2.05) is 25.1 Å². The number of carbonyl (C=O) groups is 2. The lowest BCUT2D eigenvalue weighted by molar-refractivity contribution is -0.129. The largest absolute Gasteiger partial charge is 0.298 e. The number of aryl methyl sites for hydroxylation is 1. The first-order valence-electron chi connectivity index (χ1n) is 10.8. The van der Waals surface area contributed by atoms with Gasteiger partial charge < -0.3 is 0 Å². The minimum atomic E-state index is -0.720. The average Bonchev–Trinajstić information content (AvgIpc) is 3.05. The van der Waals surface area contributed by atoms with Crippen molar-refractivity contribution in [3.8, 4) is 11.1 Å². The van der Waals surface area contributed by atoms with Gasteiger partial charge >= 0.3 is 0 Å². The molecule has 2 aromatic rings. The van der Waals surface area contributed by atoms with Gasteiger partial charge in [0, 0.05) is 17.4 Å². The Balaban J connectivity index is 1.61. The molecule has 0 amide bonds. The zero-order valence-electron chi connectivity index (χ0n) is 16.8. The molecule has 2 aromatic carbocycles. The first-order valence-corrected chi connectivity index (χ1v) is 11.5. The molecule has 5 heteroatoms. The van der Waals surface area contributed by atoms with Gasteiger partial charge in [-0.25, -0.2) is 4.39 Å². The minimum absolute atomic E-state index is 0.0841. The molecule has 4 fully saturated rings. The molecule has 0 radical (unpaired) electrons. The molecular weight excluding hydrogens is 422 g/mol. The molecule has 2 unspecified atom stereocenters. The van der Waals surface area contributed by atoms with Crippen molar-refractivity contribution in [1.82, 2.24) is 0 Å². The number of hydrogen-bond donors (Lipinski definition) is 0. The second-order valence-corrected chi connectivity index (χ2v) is 9.74. The summed E-state index contributed by atoms with van der Waals surface area (Å²) in [5.74, 6) is -0.682. The van der Waals surface area contributed by atoms with E-state index in [1.54, 1.807) is 12.1 Å². The van der Waals surface area contributed by atoms with Gasteiger partial charge in [-0.2, -0.15) is 0 Å². The Morgan fingerprint density at radius 1 is 0.933 bits per heavy atom. The highest BCUT2D eigenvalue weighted by molar-refractivity contribution is 6.42. The van der Waals surface area contributed by atoms with E-state index in [0.29, 0.717) is 29.4 Å². The van der Waals surface area contributed by atoms with E-state index < -0.39 is 11.7 Å². The van der Waals surface area contributed by atoms with Crippen molar-refractivity contribution in [2.75, 3.05) is 0 Å². The van der Waals surface area contributed by atoms with Crippen LogP contribution >= 0.6 is 23.2 Å². The monoisotopic (exact) mass is 444 g/mol. The number of ketones is 2. The van der Waals surface area contributed by atoms with Gasteiger partial charge in [0.25, 0.3) is 0 Å². The van der Waals surface area contributed by atoms with Crippen LogP contribution in [0.25, 0.3) is 11.1 Å². The minimum Gasteiger partial charge on any atom is -0.298 e. The number of hydrogen-bond acceptors (Lipinski definition) is 2. The van der Waals surface area contributed by atoms with Crippen LogP contribution < -0.4 is 0 Å². The Morgan fingerprint density at radius 2 is 1.53 bits per heavy atom. The number of halogens is 3. The lowest BCUT2D eigenvalue weighted by atomic mass is 9.59. The van der Waals surface area contributed by atoms with E-state index in [0.717, 1.165) is 36.8 Å². The summed E-state index contributed by atoms with van der Waals surface area (Å²) in [6.45, 7) is 2.01. The van der Waals surface area contributed by atoms with Crippen molar-refractivity contribution in [3.05, 3.63) is 57.3 Å². The van der Waals surface area contributed by atoms with Crippen molar-refractivity contribution in [2.24, 2.45) is 23.7 Å². The molecule has 4 aliphatic rings. The summed E-state index contributed by atoms with van der Waals surface area (Å²) in [6, 6.07) is 8.71. The van der Waals surface area contributed by atoms with Gasteiger partial charge in [-0.3, -0.25) is 9.59 Å². The quantitative estimate of drug-likeness (QED) is 0.392. The van der Waals surface area contributed by atoms with Crippen LogP contribution in [0.5, 0.6) is 0 Å². The molecule has 0 aliphatic heterocycles. The highest BCUT2D eigenvalue weighted by atomic mass is 35.5. The summed E-state index contributed by atoms with van der Waals surface area (Å²) in [4.78, 5) is 27.0. The van der Waals surface area contributed by atoms with Crippen molar-refractivity contribution >= 4 is 34.8 Å². The fourth-order valence-electron chi connectivity index (χ4n) is 6.20. The van der Waals surface area contributed by atoms with Crippen LogP contribution in [0.4, 0.5) is 4.39 Å². The van der Waals surface area contributed by atoms with Crippen LogP contribution in [0.3, 0.4) is 0 Å². The number of carbonyl (C=O) groups excluding carboxylic acids is 2. The van der Waals surface area contributed by atoms with Gasteiger partial charge in [0.2, 0.25) is 0 Å². The van der Waals surface area contributed by atoms with Gasteiger partial charge in [-0.1, -0.05) is 42.3 Å². The first kappa shape index (κ1) is 20.2. The predicted octanol–water partition coefficient (Wildman–Crippen LogP) is 6.65. The van der Waals surface area contributed by atoms with Gasteiger partial charge in [0.15, 0.2) is 17.4 Å². The smallest absolute Gasteiger partial charge is 0.151 e. The van der Waals surface area contributed by atoms with Crippen LogP contribution in [0.15, 0.2) is 30.3 Å². The standard InChI is InChI=1S/C25H23Cl2FO2/c1-2-12-3-8-15(16-9-10-18(26)22(27)23(16)28)11-17(12)21-24(29)19-13-4-5-14(7-6-13)20(19)25(21)30/h3,8-11,13-14,19-21H,2,4-7H2,1H3. The molecule has 0 N–H and O–H groups in total. The fraction of sp³-hybridized carbons (Fsp3) is 0.440. The molecule has 30 heavy (non-hydrogen) atoms. The Hall–Kier alpha value is -1.71. The highest BCUT2D eigenvalue weighted by Crippen LogP contribution is 2.56. The maximum Gasteiger partial charge on any atom is 0.151 e. The van der Waals surface area contributed by atoms with Gasteiger partial charge in [0.1, 0.15) is 5.92 Å². The molecule has 0 spiro atoms. The van der Waals surface area contributed by atoms with E-state index in [-0.39, 0.29) is 33.4 Å². The Kier molecular flexibility index (Phi) is 5.02. The van der Waals surface area contributed by atoms with Crippen molar-refractivity contribution in [1.29, 1.82) is 0 Å². The summed E-state index contributed by atoms with van der Waals surface area (Å²) in [6.07, 6.45) is 4.96. The molecule has 156 valence electrons. The van der Waals surface area contributed by atoms with E-state index in [9.17, 15) is 14.0 Å². The average molecular weight is 445 g/mol. The van der Waals surface area contributed by atoms with Crippen molar-refractivity contribution in [3.63, 3.8) is 0 Å². The second-order valence-electron chi connectivity index (χ2n) is 8.95. The Bertz CT molecular complexity index is 1030. The van der Waals surface area contributed by atoms with E-state index in [4.69, 9.17) is 23.2 Å². The molecule has 0 heterocycles. The molecule has 0 saturated heterocycles. The van der Waals surface area contributed by atoms with Crippen LogP contribution in [0.2, 0.25) is 10.0 Å². The van der Waals surface area contributed by atoms with E-state index in [1.165, 1.54) is 0 Å². The third-order valence-corrected chi connectivity index (χ3v) is 8.41. The van der Waals surface area contributed by atoms with Crippen molar-refractivity contribution in [2.45, 2.75) is 44.9 Å². The lowest BCUT2D eigenvalue weighted by Gasteiger charge is -2.43. The molecule has 2 bridgehead atoms. The van der Waals surface area contributed by atoms with E-state index in [2.05, 4.69) is 0 Å². The van der Waals surface area contributed by atoms with Crippen molar-refractivity contribution < 1.29 is 14.0 Å². The molecule has 6 rings (SSSR count). The SMILES string of the molecule is CCc1ccc(-c2ccc(Cl)c(Cl)c2F)cc1C1C(=O)C2C3CCC(CC3)C2C1=O. The Labute approximate surface area is 185 Å². The topological polar surface area (TPSA) is 34.1 Å². The van der Waals surface area contributed by atoms with Crippen LogP contribution in [0, 0.1) is 29.5 Å². The van der Waals surface area contributed by atoms with E-state index >= 15 is 0 Å². The molecule has 2 nitrogen and oxygen atoms in total. The number of benzene rings is 2. The Morgan fingerprint density at radius 3 is 2.10 bits per heavy atom. The number of Topliss-reactive ketones (excluding diaryl/α,β-unsaturated/α-hetero) is 2. The molecule has 2 atom stereocenters. The third-order valence-electron chi connectivity index (χ3n) is 7.63. The fourth-order valence-corrected chi connectivity index (χ4v) is 6.51. The zero-order chi connectivity index (χ0) is 21.2. The summed E-state index contributed by atoms with van der Waals surface area (Å²) in [7, 11) is 0. The van der Waals surface area contributed by atoms with Crippen LogP contribution in [-0.2, 0) is 16.0 Å². The van der Waals surface area contributed by atoms with Gasteiger partial charge in [-0.05, 0) is 78.8 Å². The summed E-state index contributed by atoms with van der Waals surface area (Å²) >= 11 is 11.9. The number of fused-ring (bicyclic) bond motifs is 2. The molecule has 0 aromatic heterocycles. The molecule has 4 saturated carbocycles. The summed E-state index contributed by atoms with van der Waals surface area (Å²) in [5.41, 5.74) is 2.64. The molecule has 4 aliphatic carbocycles. The second kappa shape index (κ2) is 7.46. The lowest BCUT2D eigenvalue weighted by Crippen LogP contribution is -2.41. The molecular formula is C25H23Cl2FO2. The van der Waals surface area contributed by atoms with Crippen LogP contribution in [-0.4, -0.2) is 11.6 Å². The normalized spacial score (nSPS) is 30.1. The summed E-state index contributed by atoms with van der Waals surface area (Å²) in [5, 5.41) is 0.0370. The van der Waals surface area contributed by atoms with Crippen LogP contribution in [0.1, 0.15) is 49.7 Å². The maximum absolute atomic E-state index is 14.8. The maximum atomic E-state index is 14.8. The third kappa shape index (κ3) is 2.89. The zero-order valence-corrected chi connectivity index (χ0v) is 18.3. The first-order chi connectivity index (χ1) is 14.4. The highest BCUT2D eigenvalue weighted by Gasteiger charge is 2.59. The van der Waals surface area contributed by atoms with Gasteiger partial charge in [-0.15, -0.1) is 0 Å². The predicted molar refractivity (Wildman–Crippen MR) is 116 cm³/mol. The summed E-state index contributed by atoms with van der Waals surface area (Å²) < 4.78 is 14.8.